The van der Waals surface area contributed by atoms with Gasteiger partial charge in [-0.3, -0.25) is 4.79 Å². The number of hydrogen-bond acceptors (Lipinski definition) is 7. The van der Waals surface area contributed by atoms with Gasteiger partial charge in [0.25, 0.3) is 0 Å². The van der Waals surface area contributed by atoms with Crippen LogP contribution in [0.3, 0.4) is 0 Å². The lowest BCUT2D eigenvalue weighted by atomic mass is 9.95. The SMILES string of the molecule is CC(=O)Nc1cc(-c2ccc(OC[C@](C)(CC(C)C)OC(N)=O)c(C)n2)ncn1. The van der Waals surface area contributed by atoms with Crippen LogP contribution in [-0.2, 0) is 9.53 Å². The fourth-order valence-electron chi connectivity index (χ4n) is 3.06. The number of nitrogens with two attached hydrogens (primary N) is 1. The Bertz CT molecular complexity index is 887. The first-order valence-corrected chi connectivity index (χ1v) is 9.27. The van der Waals surface area contributed by atoms with Gasteiger partial charge in [0.2, 0.25) is 5.91 Å². The summed E-state index contributed by atoms with van der Waals surface area (Å²) in [5, 5.41) is 2.61. The van der Waals surface area contributed by atoms with Crippen LogP contribution >= 0.6 is 0 Å². The van der Waals surface area contributed by atoms with Gasteiger partial charge in [0, 0.05) is 13.0 Å². The number of aryl methyl sites for hydroxylation is 1. The summed E-state index contributed by atoms with van der Waals surface area (Å²) in [6, 6.07) is 5.18. The third-order valence-electron chi connectivity index (χ3n) is 3.99. The summed E-state index contributed by atoms with van der Waals surface area (Å²) in [6.45, 7) is 9.21. The number of carbonyl (C=O) groups excluding carboxylic acids is 2. The van der Waals surface area contributed by atoms with E-state index in [1.807, 2.05) is 20.8 Å². The number of anilines is 1. The molecule has 2 aromatic rings. The molecule has 0 unspecified atom stereocenters. The van der Waals surface area contributed by atoms with Crippen LogP contribution in [-0.4, -0.2) is 39.2 Å². The smallest absolute Gasteiger partial charge is 0.405 e. The minimum Gasteiger partial charge on any atom is -0.488 e. The molecule has 2 amide bonds. The van der Waals surface area contributed by atoms with E-state index in [0.29, 0.717) is 41.0 Å². The minimum atomic E-state index is -0.842. The summed E-state index contributed by atoms with van der Waals surface area (Å²) in [6.07, 6.45) is 1.13. The van der Waals surface area contributed by atoms with Gasteiger partial charge in [-0.25, -0.2) is 19.7 Å². The van der Waals surface area contributed by atoms with Crippen LogP contribution in [0.1, 0.15) is 39.8 Å². The van der Waals surface area contributed by atoms with Crippen LogP contribution in [0.15, 0.2) is 24.5 Å². The third-order valence-corrected chi connectivity index (χ3v) is 3.99. The largest absolute Gasteiger partial charge is 0.488 e. The molecule has 0 saturated carbocycles. The highest BCUT2D eigenvalue weighted by molar-refractivity contribution is 5.88. The van der Waals surface area contributed by atoms with Crippen LogP contribution in [0.5, 0.6) is 5.75 Å². The molecule has 0 fully saturated rings. The normalized spacial score (nSPS) is 12.9. The molecular weight excluding hydrogens is 374 g/mol. The number of pyridine rings is 1. The summed E-state index contributed by atoms with van der Waals surface area (Å²) in [5.41, 5.74) is 6.20. The first-order chi connectivity index (χ1) is 13.6. The summed E-state index contributed by atoms with van der Waals surface area (Å²) in [5.74, 6) is 1.04. The molecule has 0 aliphatic rings. The molecule has 3 N–H and O–H groups in total. The Morgan fingerprint density at radius 3 is 2.55 bits per heavy atom. The highest BCUT2D eigenvalue weighted by Gasteiger charge is 2.30. The highest BCUT2D eigenvalue weighted by atomic mass is 16.6. The van der Waals surface area contributed by atoms with Crippen LogP contribution in [0.2, 0.25) is 0 Å². The molecule has 0 bridgehead atoms. The second-order valence-electron chi connectivity index (χ2n) is 7.51. The van der Waals surface area contributed by atoms with E-state index in [0.717, 1.165) is 0 Å². The van der Waals surface area contributed by atoms with E-state index in [1.54, 1.807) is 25.1 Å². The Morgan fingerprint density at radius 2 is 1.97 bits per heavy atom. The van der Waals surface area contributed by atoms with Crippen molar-refractivity contribution in [3.8, 4) is 17.1 Å². The molecule has 0 radical (unpaired) electrons. The fraction of sp³-hybridized carbons (Fsp3) is 0.450. The number of carbonyl (C=O) groups is 2. The van der Waals surface area contributed by atoms with Crippen molar-refractivity contribution in [1.29, 1.82) is 0 Å². The monoisotopic (exact) mass is 401 g/mol. The van der Waals surface area contributed by atoms with E-state index in [-0.39, 0.29) is 12.5 Å². The minimum absolute atomic E-state index is 0.149. The number of hydrogen-bond donors (Lipinski definition) is 2. The average molecular weight is 401 g/mol. The first kappa shape index (κ1) is 22.1. The first-order valence-electron chi connectivity index (χ1n) is 9.27. The number of amides is 2. The molecule has 2 aromatic heterocycles. The molecule has 0 aliphatic carbocycles. The second-order valence-corrected chi connectivity index (χ2v) is 7.51. The molecule has 156 valence electrons. The summed E-state index contributed by atoms with van der Waals surface area (Å²) < 4.78 is 11.2. The Labute approximate surface area is 170 Å². The Hall–Kier alpha value is -3.23. The topological polar surface area (TPSA) is 129 Å². The van der Waals surface area contributed by atoms with Gasteiger partial charge < -0.3 is 20.5 Å². The number of nitrogens with zero attached hydrogens (tertiary/aromatic N) is 3. The lowest BCUT2D eigenvalue weighted by Gasteiger charge is -2.30. The maximum atomic E-state index is 11.3. The van der Waals surface area contributed by atoms with Gasteiger partial charge in [-0.15, -0.1) is 0 Å². The average Bonchev–Trinajstić information content (AvgIpc) is 2.59. The molecule has 9 heteroatoms. The standard InChI is InChI=1S/C20H27N5O4/c1-12(2)9-20(5,29-19(21)27)10-28-17-7-6-15(24-13(17)3)16-8-18(23-11-22-16)25-14(4)26/h6-8,11-12H,9-10H2,1-5H3,(H2,21,27)(H,22,23,25,26)/t20-/m0/s1. The summed E-state index contributed by atoms with van der Waals surface area (Å²) in [7, 11) is 0. The quantitative estimate of drug-likeness (QED) is 0.695. The van der Waals surface area contributed by atoms with Crippen molar-refractivity contribution < 1.29 is 19.1 Å². The second kappa shape index (κ2) is 9.31. The Balaban J connectivity index is 2.17. The van der Waals surface area contributed by atoms with Crippen molar-refractivity contribution in [2.24, 2.45) is 11.7 Å². The molecule has 0 aliphatic heterocycles. The van der Waals surface area contributed by atoms with Crippen LogP contribution in [0.25, 0.3) is 11.4 Å². The molecule has 1 atom stereocenters. The Kier molecular flexibility index (Phi) is 7.08. The predicted molar refractivity (Wildman–Crippen MR) is 108 cm³/mol. The van der Waals surface area contributed by atoms with Crippen molar-refractivity contribution in [3.05, 3.63) is 30.2 Å². The molecule has 29 heavy (non-hydrogen) atoms. The number of ether oxygens (including phenoxy) is 2. The number of rotatable bonds is 8. The van der Waals surface area contributed by atoms with Crippen LogP contribution in [0.4, 0.5) is 10.6 Å². The Morgan fingerprint density at radius 1 is 1.24 bits per heavy atom. The van der Waals surface area contributed by atoms with E-state index < -0.39 is 11.7 Å². The molecular formula is C20H27N5O4. The van der Waals surface area contributed by atoms with E-state index >= 15 is 0 Å². The van der Waals surface area contributed by atoms with Crippen molar-refractivity contribution >= 4 is 17.8 Å². The molecule has 2 rings (SSSR count). The molecule has 2 heterocycles. The van der Waals surface area contributed by atoms with Gasteiger partial charge in [0.05, 0.1) is 17.1 Å². The summed E-state index contributed by atoms with van der Waals surface area (Å²) >= 11 is 0. The number of aromatic nitrogens is 3. The zero-order valence-electron chi connectivity index (χ0n) is 17.4. The molecule has 0 aromatic carbocycles. The van der Waals surface area contributed by atoms with Crippen LogP contribution < -0.4 is 15.8 Å². The van der Waals surface area contributed by atoms with Gasteiger partial charge in [-0.2, -0.15) is 0 Å². The zero-order valence-corrected chi connectivity index (χ0v) is 17.4. The zero-order chi connectivity index (χ0) is 21.6. The van der Waals surface area contributed by atoms with E-state index in [4.69, 9.17) is 15.2 Å². The van der Waals surface area contributed by atoms with Crippen molar-refractivity contribution in [3.63, 3.8) is 0 Å². The predicted octanol–water partition coefficient (Wildman–Crippen LogP) is 3.08. The summed E-state index contributed by atoms with van der Waals surface area (Å²) in [4.78, 5) is 35.2. The lowest BCUT2D eigenvalue weighted by Crippen LogP contribution is -2.41. The van der Waals surface area contributed by atoms with Gasteiger partial charge >= 0.3 is 6.09 Å². The van der Waals surface area contributed by atoms with Crippen LogP contribution in [0, 0.1) is 12.8 Å². The van der Waals surface area contributed by atoms with Gasteiger partial charge in [-0.1, -0.05) is 13.8 Å². The molecule has 0 spiro atoms. The van der Waals surface area contributed by atoms with Crippen molar-refractivity contribution in [2.75, 3.05) is 11.9 Å². The maximum absolute atomic E-state index is 11.3. The van der Waals surface area contributed by atoms with E-state index in [9.17, 15) is 9.59 Å². The van der Waals surface area contributed by atoms with Gasteiger partial charge in [0.15, 0.2) is 0 Å². The third kappa shape index (κ3) is 6.70. The van der Waals surface area contributed by atoms with Crippen molar-refractivity contribution in [2.45, 2.75) is 46.6 Å². The number of nitrogens with one attached hydrogen (secondary N) is 1. The lowest BCUT2D eigenvalue weighted by molar-refractivity contribution is -0.114. The number of primary amides is 1. The maximum Gasteiger partial charge on any atom is 0.405 e. The van der Waals surface area contributed by atoms with E-state index in [2.05, 4.69) is 20.3 Å². The highest BCUT2D eigenvalue weighted by Crippen LogP contribution is 2.26. The molecule has 0 saturated heterocycles. The van der Waals surface area contributed by atoms with Gasteiger partial charge in [0.1, 0.15) is 30.1 Å². The van der Waals surface area contributed by atoms with Crippen molar-refractivity contribution in [1.82, 2.24) is 15.0 Å². The van der Waals surface area contributed by atoms with E-state index in [1.165, 1.54) is 13.3 Å². The van der Waals surface area contributed by atoms with Gasteiger partial charge in [-0.05, 0) is 38.3 Å². The fourth-order valence-corrected chi connectivity index (χ4v) is 3.06. The molecule has 9 nitrogen and oxygen atoms in total.